The zero-order valence-corrected chi connectivity index (χ0v) is 79.9. The van der Waals surface area contributed by atoms with Gasteiger partial charge in [0.25, 0.3) is 0 Å². The van der Waals surface area contributed by atoms with Crippen LogP contribution in [0.15, 0.2) is 31.0 Å². The Bertz CT molecular complexity index is 4630. The molecule has 0 aliphatic heterocycles. The van der Waals surface area contributed by atoms with Crippen LogP contribution in [0, 0.1) is 220 Å². The highest BCUT2D eigenvalue weighted by Crippen LogP contribution is 2.74. The minimum Gasteiger partial charge on any atom is -0.390 e. The number of rotatable bonds is 17. The molecule has 0 unspecified atom stereocenters. The molecule has 0 amide bonds. The summed E-state index contributed by atoms with van der Waals surface area (Å²) in [4.78, 5) is 60.6. The third kappa shape index (κ3) is 17.2. The number of carbonyl (C=O) groups is 4. The molecule has 4 aromatic heterocycles. The van der Waals surface area contributed by atoms with Gasteiger partial charge in [0.1, 0.15) is 13.1 Å². The largest absolute Gasteiger partial charge is 0.390 e. The maximum atomic E-state index is 14.4. The maximum absolute atomic E-state index is 14.4. The van der Waals surface area contributed by atoms with Crippen LogP contribution in [0.25, 0.3) is 4.85 Å². The highest BCUT2D eigenvalue weighted by atomic mass is 19.1. The molecule has 129 heavy (non-hydrogen) atoms. The van der Waals surface area contributed by atoms with Crippen molar-refractivity contribution < 1.29 is 48.4 Å². The first-order valence-electron chi connectivity index (χ1n) is 52.7. The van der Waals surface area contributed by atoms with Crippen LogP contribution in [0.4, 0.5) is 14.5 Å². The topological polar surface area (TPSA) is 264 Å². The van der Waals surface area contributed by atoms with Gasteiger partial charge in [-0.05, 0) is 472 Å². The molecule has 22 heteroatoms. The molecular formula is C107H158F2N12O8. The molecule has 0 aromatic carbocycles. The fraction of sp³-hybridized carbons (Fsp3) is 0.869. The number of nitrogens with zero attached hydrogens (tertiary/aromatic N) is 12. The van der Waals surface area contributed by atoms with Gasteiger partial charge in [0.2, 0.25) is 5.69 Å². The Labute approximate surface area is 767 Å². The summed E-state index contributed by atoms with van der Waals surface area (Å²) in [6, 6.07) is 0. The fourth-order valence-corrected chi connectivity index (χ4v) is 37.0. The van der Waals surface area contributed by atoms with Crippen molar-refractivity contribution in [3.8, 4) is 0 Å². The number of aromatic nitrogens is 11. The van der Waals surface area contributed by atoms with E-state index in [1.165, 1.54) is 114 Å². The van der Waals surface area contributed by atoms with Gasteiger partial charge >= 0.3 is 0 Å². The zero-order chi connectivity index (χ0) is 90.1. The molecule has 0 spiro atoms. The maximum Gasteiger partial charge on any atom is 0.224 e. The van der Waals surface area contributed by atoms with Gasteiger partial charge in [0.15, 0.2) is 29.0 Å². The highest BCUT2D eigenvalue weighted by molar-refractivity contribution is 5.84. The Morgan fingerprint density at radius 1 is 0.380 bits per heavy atom. The first-order valence-corrected chi connectivity index (χ1v) is 52.7. The van der Waals surface area contributed by atoms with Crippen molar-refractivity contribution in [2.45, 2.75) is 368 Å². The van der Waals surface area contributed by atoms with Crippen LogP contribution >= 0.6 is 0 Å². The van der Waals surface area contributed by atoms with E-state index in [9.17, 15) is 48.4 Å². The molecule has 4 N–H and O–H groups in total. The van der Waals surface area contributed by atoms with Crippen LogP contribution in [0.1, 0.15) is 322 Å². The second-order valence-corrected chi connectivity index (χ2v) is 50.6. The summed E-state index contributed by atoms with van der Waals surface area (Å²) >= 11 is 0. The lowest BCUT2D eigenvalue weighted by atomic mass is 9.48. The average molecular weight is 1780 g/mol. The summed E-state index contributed by atoms with van der Waals surface area (Å²) in [6.45, 7) is 29.1. The number of fused-ring (bicyclic) bond motifs is 20. The fourth-order valence-electron chi connectivity index (χ4n) is 37.0. The lowest BCUT2D eigenvalue weighted by Crippen LogP contribution is -2.52. The predicted octanol–water partition coefficient (Wildman–Crippen LogP) is 19.8. The molecule has 19 aliphatic rings. The smallest absolute Gasteiger partial charge is 0.224 e. The molecule has 4 aromatic rings. The normalized spacial score (nSPS) is 47.1. The number of hydrogen-bond donors (Lipinski definition) is 4. The van der Waals surface area contributed by atoms with Crippen molar-refractivity contribution in [2.24, 2.45) is 199 Å². The molecule has 708 valence electrons. The Hall–Kier alpha value is -5.50. The summed E-state index contributed by atoms with van der Waals surface area (Å²) < 4.78 is 32.2. The van der Waals surface area contributed by atoms with E-state index in [-0.39, 0.29) is 108 Å². The Balaban J connectivity index is 0.000000108. The number of aryl methyl sites for hydroxylation is 2. The second-order valence-electron chi connectivity index (χ2n) is 50.6. The number of carbonyl (C=O) groups excluding carboxylic acids is 4. The summed E-state index contributed by atoms with van der Waals surface area (Å²) in [7, 11) is 0. The number of halogens is 2. The molecule has 19 fully saturated rings. The number of hydrogen-bond acceptors (Lipinski definition) is 15. The standard InChI is InChI=1S/C28H42N2O2.C27H40FN3O2.C26H36FN3O2.C26H40N4O2/c1-17-14-29-30(15-17)16-25(31)24-12-23(18-4-5-18)26-22-7-6-19-13-27(2,32)10-8-20(19)21(22)9-11-28(24,26)3;1-26(33)9-7-19-17(12-26)5-6-21-20(19)8-10-27(2)22(11-18(13-28)25(21)27)24(32)15-31-29-14-23(30-31)16-3-4-16;1-25(32)8-6-19-16(11-25)4-5-21-20(19)7-9-26(2)22(10-17(12-27)24(21)26)23(31)15-30-14-18(28-3)13-29-30;1-15-27-29-30(28-15)14-23(31)22-12-21(16-4-5-16)24-20-7-6-17-13-25(2,32)10-8-18(17)19(20)9-11-26(22,24)3/h14-15,18-24,26,32H,4-13,16H2,1-3H3;14,16-22,25,33H,3-13,15H2,1-2H3;13-14,16-17,19-22,24,32H,4-12,15H2,1-2H3;16-22,24,32H,4-14H2,1-3H3/t19-,20+,21-,22-,23+,24-,26-,27-,28-;17-,18+,19+,20-,21-,22-,25+,26-,27-;16-,17+,19+,20-,21-,22-,24+,25-,26-;17-,18+,19-,20-,21+,22-,24-,25-,26-/m1111/s1. The van der Waals surface area contributed by atoms with Crippen molar-refractivity contribution >= 4 is 28.8 Å². The van der Waals surface area contributed by atoms with E-state index in [4.69, 9.17) is 6.57 Å². The molecule has 19 aliphatic carbocycles. The van der Waals surface area contributed by atoms with E-state index < -0.39 is 22.4 Å². The van der Waals surface area contributed by atoms with Gasteiger partial charge in [0, 0.05) is 42.0 Å². The van der Waals surface area contributed by atoms with Gasteiger partial charge in [-0.1, -0.05) is 27.7 Å². The Morgan fingerprint density at radius 3 is 1.08 bits per heavy atom. The van der Waals surface area contributed by atoms with Crippen LogP contribution in [0.5, 0.6) is 0 Å². The SMILES string of the molecule is C[C@@]1(O)CC[C@H]2[C@H](CC[C@@H]3[C@@H]2CC[C@@]2(C)[C@H]3[C@H](CF)C[C@@H]2C(=O)Cn2ncc(C3CC3)n2)C1.Cc1cnn(CC(=O)[C@H]2C[C@@H](C3CC3)[C@H]3[C@@H]4CC[C@@H]5C[C@](C)(O)CC[C@@H]5[C@H]4CC[C@@]32C)c1.Cc1nnn(CC(=O)[C@H]2C[C@@H](C3CC3)[C@H]3[C@@H]4CC[C@@H]5C[C@](C)(O)CC[C@@H]5[C@H]4CC[C@@]32C)n1.[C-]#[N+]c1cnn(CC(=O)[C@H]2C[C@@H](CF)[C@H]3[C@@H]4CC[C@@H]5C[C@](C)(O)CC[C@@H]5[C@H]4CC[C@@]32C)c1. The molecule has 4 heterocycles. The predicted molar refractivity (Wildman–Crippen MR) is 488 cm³/mol. The van der Waals surface area contributed by atoms with E-state index in [0.717, 1.165) is 211 Å². The monoisotopic (exact) mass is 1780 g/mol. The van der Waals surface area contributed by atoms with Gasteiger partial charge < -0.3 is 20.4 Å². The Kier molecular flexibility index (Phi) is 24.5. The van der Waals surface area contributed by atoms with Gasteiger partial charge in [-0.2, -0.15) is 30.0 Å². The first-order chi connectivity index (χ1) is 61.5. The molecule has 0 bridgehead atoms. The number of tetrazole rings is 1. The molecule has 0 radical (unpaired) electrons. The van der Waals surface area contributed by atoms with E-state index >= 15 is 0 Å². The average Bonchev–Trinajstić information content (AvgIpc) is 1.52. The van der Waals surface area contributed by atoms with Crippen molar-refractivity contribution in [3.05, 3.63) is 59.5 Å². The van der Waals surface area contributed by atoms with Crippen molar-refractivity contribution in [1.29, 1.82) is 0 Å². The quantitative estimate of drug-likeness (QED) is 0.0716. The summed E-state index contributed by atoms with van der Waals surface area (Å²) in [6.07, 6.45) is 51.6. The van der Waals surface area contributed by atoms with Gasteiger partial charge in [-0.15, -0.1) is 10.2 Å². The molecule has 20 nitrogen and oxygen atoms in total. The van der Waals surface area contributed by atoms with Crippen LogP contribution in [0.2, 0.25) is 0 Å². The summed E-state index contributed by atoms with van der Waals surface area (Å²) in [5, 5.41) is 72.5. The molecule has 23 rings (SSSR count). The van der Waals surface area contributed by atoms with Crippen molar-refractivity contribution in [1.82, 2.24) is 54.8 Å². The summed E-state index contributed by atoms with van der Waals surface area (Å²) in [5.41, 5.74) is 0.735. The van der Waals surface area contributed by atoms with E-state index in [2.05, 4.69) is 82.2 Å². The van der Waals surface area contributed by atoms with Crippen LogP contribution in [-0.2, 0) is 45.4 Å². The zero-order valence-electron chi connectivity index (χ0n) is 79.9. The molecule has 19 saturated carbocycles. The van der Waals surface area contributed by atoms with Crippen LogP contribution in [0.3, 0.4) is 0 Å². The minimum absolute atomic E-state index is 0.00704. The first kappa shape index (κ1) is 91.3. The second kappa shape index (κ2) is 34.6. The van der Waals surface area contributed by atoms with E-state index in [1.54, 1.807) is 15.7 Å². The van der Waals surface area contributed by atoms with E-state index in [0.29, 0.717) is 113 Å². The number of Topliss-reactive ketones (excluding diaryl/α,β-unsaturated/α-hetero) is 4. The van der Waals surface area contributed by atoms with Gasteiger partial charge in [-0.3, -0.25) is 37.3 Å². The third-order valence-electron chi connectivity index (χ3n) is 42.6. The molecular weight excluding hydrogens is 1620 g/mol. The summed E-state index contributed by atoms with van der Waals surface area (Å²) in [5.74, 6) is 18.9. The molecule has 0 saturated heterocycles. The Morgan fingerprint density at radius 2 is 0.729 bits per heavy atom. The lowest BCUT2D eigenvalue weighted by molar-refractivity contribution is -0.134. The van der Waals surface area contributed by atoms with Gasteiger partial charge in [-0.25, -0.2) is 4.85 Å². The van der Waals surface area contributed by atoms with Crippen LogP contribution in [-0.4, -0.2) is 134 Å². The third-order valence-corrected chi connectivity index (χ3v) is 42.6. The highest BCUT2D eigenvalue weighted by Gasteiger charge is 2.69. The number of aliphatic hydroxyl groups is 4. The number of ketones is 4. The molecule has 36 atom stereocenters. The van der Waals surface area contributed by atoms with Gasteiger partial charge in [0.05, 0.1) is 79.7 Å². The minimum atomic E-state index is -0.525. The van der Waals surface area contributed by atoms with Crippen molar-refractivity contribution in [2.75, 3.05) is 13.3 Å². The van der Waals surface area contributed by atoms with E-state index in [1.807, 2.05) is 51.0 Å². The van der Waals surface area contributed by atoms with Crippen LogP contribution < -0.4 is 0 Å². The van der Waals surface area contributed by atoms with Crippen molar-refractivity contribution in [3.63, 3.8) is 0 Å². The lowest BCUT2D eigenvalue weighted by Gasteiger charge is -2.57. The number of alkyl halides is 2.